The minimum absolute atomic E-state index is 1.28. The topological polar surface area (TPSA) is 0 Å². The van der Waals surface area contributed by atoms with Gasteiger partial charge in [-0.1, -0.05) is 109 Å². The highest BCUT2D eigenvalue weighted by atomic mass is 32.1. The van der Waals surface area contributed by atoms with Crippen LogP contribution in [-0.4, -0.2) is 32.3 Å². The number of hydrogen-bond acceptors (Lipinski definition) is 4. The van der Waals surface area contributed by atoms with Gasteiger partial charge in [0.2, 0.25) is 0 Å². The molecule has 0 unspecified atom stereocenters. The van der Waals surface area contributed by atoms with Crippen molar-refractivity contribution in [2.75, 3.05) is 0 Å². The first-order chi connectivity index (χ1) is 17.8. The lowest BCUT2D eigenvalue weighted by molar-refractivity contribution is 1.75. The molecule has 0 atom stereocenters. The van der Waals surface area contributed by atoms with Crippen LogP contribution < -0.4 is 18.0 Å². The lowest BCUT2D eigenvalue weighted by atomic mass is 10.1. The number of thiophene rings is 4. The predicted octanol–water partition coefficient (Wildman–Crippen LogP) is 9.28. The molecule has 39 heavy (non-hydrogen) atoms. The molecule has 0 aliphatic heterocycles. The van der Waals surface area contributed by atoms with Crippen molar-refractivity contribution in [1.82, 2.24) is 0 Å². The third-order valence-electron chi connectivity index (χ3n) is 6.62. The third-order valence-corrected chi connectivity index (χ3v) is 25.4. The maximum Gasteiger partial charge on any atom is 0.0904 e. The fourth-order valence-corrected chi connectivity index (χ4v) is 15.9. The van der Waals surface area contributed by atoms with Gasteiger partial charge in [0.1, 0.15) is 0 Å². The molecule has 0 bridgehead atoms. The second-order valence-corrected chi connectivity index (χ2v) is 40.5. The second kappa shape index (κ2) is 11.1. The number of rotatable bonds is 8. The van der Waals surface area contributed by atoms with Gasteiger partial charge in [-0.3, -0.25) is 0 Å². The normalized spacial score (nSPS) is 13.0. The van der Waals surface area contributed by atoms with Crippen LogP contribution in [-0.2, 0) is 0 Å². The summed E-state index contributed by atoms with van der Waals surface area (Å²) in [5, 5.41) is 0. The van der Waals surface area contributed by atoms with Crippen molar-refractivity contribution in [2.45, 2.75) is 78.6 Å². The summed E-state index contributed by atoms with van der Waals surface area (Å²) in [6.45, 7) is 29.4. The summed E-state index contributed by atoms with van der Waals surface area (Å²) in [5.74, 6) is 0. The molecule has 0 saturated carbocycles. The van der Waals surface area contributed by atoms with Crippen molar-refractivity contribution in [3.63, 3.8) is 0 Å². The molecule has 4 rings (SSSR count). The van der Waals surface area contributed by atoms with Crippen LogP contribution in [0.25, 0.3) is 11.1 Å². The largest absolute Gasteiger partial charge is 0.144 e. The summed E-state index contributed by atoms with van der Waals surface area (Å²) in [6.07, 6.45) is 0. The predicted molar refractivity (Wildman–Crippen MR) is 198 cm³/mol. The van der Waals surface area contributed by atoms with Gasteiger partial charge >= 0.3 is 0 Å². The fraction of sp³-hybridized carbons (Fsp3) is 0.387. The smallest absolute Gasteiger partial charge is 0.0904 e. The first-order valence-corrected chi connectivity index (χ1v) is 31.0. The quantitative estimate of drug-likeness (QED) is 0.131. The molecule has 0 aromatic carbocycles. The average Bonchev–Trinajstić information content (AvgIpc) is 3.58. The van der Waals surface area contributed by atoms with E-state index in [0.29, 0.717) is 0 Å². The Morgan fingerprint density at radius 3 is 0.744 bits per heavy atom. The molecule has 4 heterocycles. The molecule has 0 radical (unpaired) electrons. The Bertz CT molecular complexity index is 1300. The van der Waals surface area contributed by atoms with E-state index in [1.807, 2.05) is 45.3 Å². The zero-order valence-electron chi connectivity index (χ0n) is 25.8. The van der Waals surface area contributed by atoms with Gasteiger partial charge in [0.05, 0.1) is 43.4 Å². The van der Waals surface area contributed by atoms with Gasteiger partial charge in [-0.05, 0) is 42.3 Å². The lowest BCUT2D eigenvalue weighted by Crippen LogP contribution is -2.34. The highest BCUT2D eigenvalue weighted by molar-refractivity contribution is 7.30. The summed E-state index contributed by atoms with van der Waals surface area (Å²) in [5.41, 5.74) is 6.67. The molecule has 0 aliphatic carbocycles. The van der Waals surface area contributed by atoms with Gasteiger partial charge in [0.25, 0.3) is 0 Å². The molecule has 0 aliphatic rings. The average molecular weight is 657 g/mol. The molecule has 0 fully saturated rings. The van der Waals surface area contributed by atoms with E-state index in [1.54, 1.807) is 18.0 Å². The zero-order chi connectivity index (χ0) is 29.0. The summed E-state index contributed by atoms with van der Waals surface area (Å²) in [4.78, 5) is 5.44. The molecule has 4 aromatic heterocycles. The van der Waals surface area contributed by atoms with Crippen molar-refractivity contribution in [1.29, 1.82) is 0 Å². The van der Waals surface area contributed by atoms with Crippen LogP contribution in [0.4, 0.5) is 0 Å². The van der Waals surface area contributed by atoms with Crippen LogP contribution in [0.3, 0.4) is 0 Å². The Balaban J connectivity index is 2.05. The summed E-state index contributed by atoms with van der Waals surface area (Å²) < 4.78 is 6.26. The van der Waals surface area contributed by atoms with Crippen molar-refractivity contribution >= 4 is 107 Å². The number of hydrogen-bond donors (Lipinski definition) is 0. The Labute approximate surface area is 257 Å². The first-order valence-electron chi connectivity index (χ1n) is 13.8. The van der Waals surface area contributed by atoms with Gasteiger partial charge in [0, 0.05) is 19.5 Å². The van der Waals surface area contributed by atoms with Crippen LogP contribution in [0.5, 0.6) is 0 Å². The molecule has 8 heteroatoms. The van der Waals surface area contributed by atoms with Gasteiger partial charge in [-0.25, -0.2) is 0 Å². The SMILES string of the molecule is C[Si](C)(C)c1ccc(C(=C=C(c2ccc([Si](C)(C)C)s2)c2ccc([Si](C)(C)C)s2)c2ccc([Si](C)(C)C)s2)s1. The highest BCUT2D eigenvalue weighted by Gasteiger charge is 2.25. The fourth-order valence-electron chi connectivity index (χ4n) is 4.12. The molecule has 0 saturated heterocycles. The highest BCUT2D eigenvalue weighted by Crippen LogP contribution is 2.35. The van der Waals surface area contributed by atoms with E-state index in [9.17, 15) is 0 Å². The van der Waals surface area contributed by atoms with E-state index in [-0.39, 0.29) is 0 Å². The third kappa shape index (κ3) is 7.34. The molecule has 0 N–H and O–H groups in total. The zero-order valence-corrected chi connectivity index (χ0v) is 33.0. The first kappa shape index (κ1) is 31.1. The standard InChI is InChI=1S/C31H44S4Si4/c1-36(2,3)28-17-13-24(32-28)22(25-14-18-29(33-25)37(4,5)6)21-23(26-15-19-30(34-26)38(7,8)9)27-16-20-31(35-27)39(10,11)12/h13-20H,1-12H3. The van der Waals surface area contributed by atoms with E-state index < -0.39 is 32.3 Å². The van der Waals surface area contributed by atoms with Gasteiger partial charge < -0.3 is 0 Å². The maximum atomic E-state index is 4.12. The van der Waals surface area contributed by atoms with E-state index in [1.165, 1.54) is 30.7 Å². The van der Waals surface area contributed by atoms with Crippen LogP contribution in [0.15, 0.2) is 54.3 Å². The minimum atomic E-state index is -1.39. The van der Waals surface area contributed by atoms with Crippen LogP contribution in [0.2, 0.25) is 78.6 Å². The summed E-state index contributed by atoms with van der Waals surface area (Å²) in [6, 6.07) is 19.1. The molecular formula is C31H44S4Si4. The van der Waals surface area contributed by atoms with E-state index in [0.717, 1.165) is 0 Å². The van der Waals surface area contributed by atoms with Crippen molar-refractivity contribution in [3.05, 3.63) is 73.8 Å². The minimum Gasteiger partial charge on any atom is -0.144 e. The summed E-state index contributed by atoms with van der Waals surface area (Å²) >= 11 is 7.99. The van der Waals surface area contributed by atoms with E-state index in [4.69, 9.17) is 0 Å². The second-order valence-electron chi connectivity index (χ2n) is 14.5. The van der Waals surface area contributed by atoms with Crippen LogP contribution >= 0.6 is 45.3 Å². The Morgan fingerprint density at radius 1 is 0.385 bits per heavy atom. The molecule has 4 aromatic rings. The Kier molecular flexibility index (Phi) is 8.87. The molecule has 0 nitrogen and oxygen atoms in total. The Hall–Kier alpha value is -0.812. The lowest BCUT2D eigenvalue weighted by Gasteiger charge is -2.13. The van der Waals surface area contributed by atoms with Crippen LogP contribution in [0, 0.1) is 0 Å². The van der Waals surface area contributed by atoms with E-state index >= 15 is 0 Å². The monoisotopic (exact) mass is 656 g/mol. The van der Waals surface area contributed by atoms with Gasteiger partial charge in [0.15, 0.2) is 0 Å². The van der Waals surface area contributed by atoms with Crippen molar-refractivity contribution in [2.24, 2.45) is 0 Å². The van der Waals surface area contributed by atoms with Crippen LogP contribution in [0.1, 0.15) is 19.5 Å². The molecule has 0 spiro atoms. The molecular weight excluding hydrogens is 613 g/mol. The summed E-state index contributed by atoms with van der Waals surface area (Å²) in [7, 11) is -5.57. The maximum absolute atomic E-state index is 4.12. The Morgan fingerprint density at radius 2 is 0.590 bits per heavy atom. The van der Waals surface area contributed by atoms with Crippen molar-refractivity contribution in [3.8, 4) is 0 Å². The van der Waals surface area contributed by atoms with E-state index in [2.05, 4.69) is 133 Å². The molecule has 0 amide bonds. The van der Waals surface area contributed by atoms with Crippen molar-refractivity contribution < 1.29 is 0 Å². The molecule has 208 valence electrons. The van der Waals surface area contributed by atoms with Gasteiger partial charge in [-0.15, -0.1) is 45.3 Å². The van der Waals surface area contributed by atoms with Gasteiger partial charge in [-0.2, -0.15) is 0 Å².